The van der Waals surface area contributed by atoms with Gasteiger partial charge in [0.05, 0.1) is 13.2 Å². The van der Waals surface area contributed by atoms with E-state index in [9.17, 15) is 4.39 Å². The van der Waals surface area contributed by atoms with Gasteiger partial charge in [-0.3, -0.25) is 0 Å². The molecule has 3 aliphatic rings. The molecule has 2 saturated heterocycles. The second kappa shape index (κ2) is 1.30. The Morgan fingerprint density at radius 3 is 2.33 bits per heavy atom. The molecule has 0 radical (unpaired) electrons. The zero-order valence-electron chi connectivity index (χ0n) is 5.19. The summed E-state index contributed by atoms with van der Waals surface area (Å²) in [6, 6.07) is 0. The monoisotopic (exact) mass is 131 g/mol. The summed E-state index contributed by atoms with van der Waals surface area (Å²) < 4.78 is 17.9. The van der Waals surface area contributed by atoms with Gasteiger partial charge in [0.25, 0.3) is 0 Å². The van der Waals surface area contributed by atoms with Gasteiger partial charge >= 0.3 is 0 Å². The lowest BCUT2D eigenvalue weighted by Crippen LogP contribution is -2.68. The number of nitrogens with two attached hydrogens (primary N) is 1. The second-order valence-corrected chi connectivity index (χ2v) is 3.36. The molecule has 0 aromatic heterocycles. The molecule has 3 heteroatoms. The van der Waals surface area contributed by atoms with Gasteiger partial charge in [0.1, 0.15) is 5.67 Å². The molecule has 1 saturated carbocycles. The lowest BCUT2D eigenvalue weighted by Gasteiger charge is -2.53. The number of halogens is 1. The first-order valence-corrected chi connectivity index (χ1v) is 3.18. The minimum Gasteiger partial charge on any atom is -0.376 e. The van der Waals surface area contributed by atoms with Crippen molar-refractivity contribution >= 4 is 0 Å². The maximum atomic E-state index is 13.0. The van der Waals surface area contributed by atoms with Crippen molar-refractivity contribution in [2.75, 3.05) is 13.2 Å². The Kier molecular flexibility index (Phi) is 0.810. The topological polar surface area (TPSA) is 35.2 Å². The Morgan fingerprint density at radius 2 is 2.00 bits per heavy atom. The largest absolute Gasteiger partial charge is 0.376 e. The highest BCUT2D eigenvalue weighted by Gasteiger charge is 2.57. The Hall–Kier alpha value is -0.150. The number of hydrogen-bond donors (Lipinski definition) is 1. The Balaban J connectivity index is 2.12. The van der Waals surface area contributed by atoms with Gasteiger partial charge in [0.15, 0.2) is 0 Å². The fraction of sp³-hybridized carbons (Fsp3) is 1.00. The van der Waals surface area contributed by atoms with E-state index in [0.29, 0.717) is 19.4 Å². The minimum absolute atomic E-state index is 0.256. The van der Waals surface area contributed by atoms with Gasteiger partial charge in [0, 0.05) is 18.4 Å². The zero-order chi connectivity index (χ0) is 6.54. The first-order valence-electron chi connectivity index (χ1n) is 3.18. The van der Waals surface area contributed by atoms with E-state index >= 15 is 0 Å². The van der Waals surface area contributed by atoms with Crippen LogP contribution in [0.4, 0.5) is 4.39 Å². The fourth-order valence-electron chi connectivity index (χ4n) is 1.85. The van der Waals surface area contributed by atoms with Crippen molar-refractivity contribution in [3.63, 3.8) is 0 Å². The maximum absolute atomic E-state index is 13.0. The molecule has 0 aromatic rings. The third kappa shape index (κ3) is 0.682. The predicted octanol–water partition coefficient (Wildman–Crippen LogP) is 0.216. The summed E-state index contributed by atoms with van der Waals surface area (Å²) in [6.45, 7) is 0.796. The molecule has 2 bridgehead atoms. The molecular formula is C6H10FNO. The minimum atomic E-state index is -1.06. The van der Waals surface area contributed by atoms with E-state index < -0.39 is 5.67 Å². The molecule has 9 heavy (non-hydrogen) atoms. The van der Waals surface area contributed by atoms with E-state index in [1.807, 2.05) is 0 Å². The van der Waals surface area contributed by atoms with Crippen LogP contribution in [0.3, 0.4) is 0 Å². The average molecular weight is 131 g/mol. The third-order valence-electron chi connectivity index (χ3n) is 2.09. The molecule has 0 aromatic carbocycles. The summed E-state index contributed by atoms with van der Waals surface area (Å²) in [5.41, 5.74) is 4.29. The molecule has 0 amide bonds. The van der Waals surface area contributed by atoms with Crippen molar-refractivity contribution in [3.05, 3.63) is 0 Å². The van der Waals surface area contributed by atoms with E-state index in [-0.39, 0.29) is 12.1 Å². The van der Waals surface area contributed by atoms with Crippen molar-refractivity contribution in [1.29, 1.82) is 0 Å². The predicted molar refractivity (Wildman–Crippen MR) is 30.8 cm³/mol. The fourth-order valence-corrected chi connectivity index (χ4v) is 1.85. The molecule has 3 fully saturated rings. The van der Waals surface area contributed by atoms with E-state index in [4.69, 9.17) is 10.5 Å². The van der Waals surface area contributed by atoms with Crippen LogP contribution in [0.15, 0.2) is 0 Å². The van der Waals surface area contributed by atoms with Crippen LogP contribution in [-0.4, -0.2) is 24.4 Å². The summed E-state index contributed by atoms with van der Waals surface area (Å²) in [7, 11) is 0. The molecule has 52 valence electrons. The lowest BCUT2D eigenvalue weighted by molar-refractivity contribution is -0.157. The molecule has 1 aliphatic carbocycles. The molecular weight excluding hydrogens is 121 g/mol. The second-order valence-electron chi connectivity index (χ2n) is 3.36. The summed E-state index contributed by atoms with van der Waals surface area (Å²) in [6.07, 6.45) is 1.00. The van der Waals surface area contributed by atoms with Crippen molar-refractivity contribution in [1.82, 2.24) is 0 Å². The van der Waals surface area contributed by atoms with Crippen LogP contribution in [0.25, 0.3) is 0 Å². The number of rotatable bonds is 0. The standard InChI is InChI=1S/C6H10FNO/c7-5-1-6(8,2-5)4-9-3-5/h1-4,8H2. The van der Waals surface area contributed by atoms with Crippen LogP contribution in [-0.2, 0) is 4.74 Å². The highest BCUT2D eigenvalue weighted by molar-refractivity contribution is 5.11. The molecule has 2 N–H and O–H groups in total. The quantitative estimate of drug-likeness (QED) is 0.510. The Morgan fingerprint density at radius 1 is 1.33 bits per heavy atom. The van der Waals surface area contributed by atoms with Gasteiger partial charge in [0.2, 0.25) is 0 Å². The molecule has 0 spiro atoms. The van der Waals surface area contributed by atoms with Crippen molar-refractivity contribution < 1.29 is 9.13 Å². The van der Waals surface area contributed by atoms with Gasteiger partial charge in [-0.15, -0.1) is 0 Å². The first-order chi connectivity index (χ1) is 4.12. The molecule has 2 heterocycles. The van der Waals surface area contributed by atoms with Gasteiger partial charge in [-0.05, 0) is 0 Å². The highest BCUT2D eigenvalue weighted by atomic mass is 19.1. The van der Waals surface area contributed by atoms with Crippen LogP contribution in [0.2, 0.25) is 0 Å². The lowest BCUT2D eigenvalue weighted by atomic mass is 9.66. The summed E-state index contributed by atoms with van der Waals surface area (Å²) in [4.78, 5) is 0. The average Bonchev–Trinajstić information content (AvgIpc) is 1.59. The highest BCUT2D eigenvalue weighted by Crippen LogP contribution is 2.46. The van der Waals surface area contributed by atoms with Crippen LogP contribution in [0.1, 0.15) is 12.8 Å². The van der Waals surface area contributed by atoms with E-state index in [1.165, 1.54) is 0 Å². The number of fused-ring (bicyclic) bond motifs is 2. The van der Waals surface area contributed by atoms with Gasteiger partial charge < -0.3 is 10.5 Å². The molecule has 2 aliphatic heterocycles. The van der Waals surface area contributed by atoms with Crippen LogP contribution < -0.4 is 5.73 Å². The molecule has 2 nitrogen and oxygen atoms in total. The van der Waals surface area contributed by atoms with Crippen molar-refractivity contribution in [2.24, 2.45) is 5.73 Å². The van der Waals surface area contributed by atoms with Crippen LogP contribution in [0, 0.1) is 0 Å². The van der Waals surface area contributed by atoms with E-state index in [1.54, 1.807) is 0 Å². The number of ether oxygens (including phenoxy) is 1. The molecule has 3 rings (SSSR count). The summed E-state index contributed by atoms with van der Waals surface area (Å²) in [5, 5.41) is 0. The SMILES string of the molecule is NC12COCC(F)(C1)C2. The van der Waals surface area contributed by atoms with Crippen LogP contribution >= 0.6 is 0 Å². The van der Waals surface area contributed by atoms with Gasteiger partial charge in [-0.2, -0.15) is 0 Å². The Bertz CT molecular complexity index is 128. The Labute approximate surface area is 53.2 Å². The smallest absolute Gasteiger partial charge is 0.137 e. The number of hydrogen-bond acceptors (Lipinski definition) is 2. The third-order valence-corrected chi connectivity index (χ3v) is 2.09. The summed E-state index contributed by atoms with van der Waals surface area (Å²) >= 11 is 0. The van der Waals surface area contributed by atoms with E-state index in [2.05, 4.69) is 0 Å². The van der Waals surface area contributed by atoms with Crippen molar-refractivity contribution in [3.8, 4) is 0 Å². The van der Waals surface area contributed by atoms with Gasteiger partial charge in [-0.1, -0.05) is 0 Å². The number of alkyl halides is 1. The first kappa shape index (κ1) is 5.62. The van der Waals surface area contributed by atoms with Crippen molar-refractivity contribution in [2.45, 2.75) is 24.0 Å². The van der Waals surface area contributed by atoms with E-state index in [0.717, 1.165) is 0 Å². The van der Waals surface area contributed by atoms with Gasteiger partial charge in [-0.25, -0.2) is 4.39 Å². The normalized spacial score (nSPS) is 56.7. The molecule has 0 atom stereocenters. The maximum Gasteiger partial charge on any atom is 0.137 e. The molecule has 0 unspecified atom stereocenters. The summed E-state index contributed by atoms with van der Waals surface area (Å²) in [5.74, 6) is 0. The van der Waals surface area contributed by atoms with Crippen LogP contribution in [0.5, 0.6) is 0 Å². The zero-order valence-corrected chi connectivity index (χ0v) is 5.19.